The lowest BCUT2D eigenvalue weighted by atomic mass is 10.3. The van der Waals surface area contributed by atoms with E-state index < -0.39 is 0 Å². The van der Waals surface area contributed by atoms with E-state index in [0.29, 0.717) is 0 Å². The Morgan fingerprint density at radius 3 is 2.58 bits per heavy atom. The maximum Gasteiger partial charge on any atom is 0.238 e. The Morgan fingerprint density at radius 1 is 1.16 bits per heavy atom. The number of amides is 1. The molecular formula is C14H13BrN2OS. The molecular weight excluding hydrogens is 324 g/mol. The third-order valence-electron chi connectivity index (χ3n) is 2.35. The number of nitrogens with one attached hydrogen (secondary N) is 1. The van der Waals surface area contributed by atoms with Gasteiger partial charge in [-0.3, -0.25) is 4.79 Å². The van der Waals surface area contributed by atoms with Crippen molar-refractivity contribution in [3.63, 3.8) is 0 Å². The van der Waals surface area contributed by atoms with E-state index in [9.17, 15) is 4.79 Å². The highest BCUT2D eigenvalue weighted by Crippen LogP contribution is 2.30. The highest BCUT2D eigenvalue weighted by molar-refractivity contribution is 9.10. The molecule has 0 atom stereocenters. The number of anilines is 1. The molecule has 0 aliphatic rings. The minimum Gasteiger partial charge on any atom is -0.325 e. The maximum absolute atomic E-state index is 11.2. The lowest BCUT2D eigenvalue weighted by Gasteiger charge is -2.06. The number of carbonyl (C=O) groups is 1. The molecule has 0 unspecified atom stereocenters. The molecule has 98 valence electrons. The second-order valence-corrected chi connectivity index (χ2v) is 5.90. The van der Waals surface area contributed by atoms with Crippen molar-refractivity contribution in [1.29, 1.82) is 0 Å². The van der Waals surface area contributed by atoms with E-state index in [-0.39, 0.29) is 12.5 Å². The Labute approximate surface area is 124 Å². The van der Waals surface area contributed by atoms with Crippen LogP contribution in [0.5, 0.6) is 0 Å². The molecule has 19 heavy (non-hydrogen) atoms. The van der Waals surface area contributed by atoms with E-state index in [1.165, 1.54) is 0 Å². The van der Waals surface area contributed by atoms with Gasteiger partial charge in [0.15, 0.2) is 0 Å². The van der Waals surface area contributed by atoms with E-state index in [4.69, 9.17) is 5.73 Å². The fraction of sp³-hybridized carbons (Fsp3) is 0.0714. The SMILES string of the molecule is NCC(=O)Nc1cccc(Sc2ccc(Br)cc2)c1. The van der Waals surface area contributed by atoms with Crippen LogP contribution in [0.25, 0.3) is 0 Å². The second-order valence-electron chi connectivity index (χ2n) is 3.84. The summed E-state index contributed by atoms with van der Waals surface area (Å²) in [6, 6.07) is 15.8. The lowest BCUT2D eigenvalue weighted by molar-refractivity contribution is -0.114. The summed E-state index contributed by atoms with van der Waals surface area (Å²) in [6.45, 7) is -0.00984. The molecule has 0 aliphatic heterocycles. The fourth-order valence-electron chi connectivity index (χ4n) is 1.49. The van der Waals surface area contributed by atoms with Gasteiger partial charge in [0.25, 0.3) is 0 Å². The van der Waals surface area contributed by atoms with Crippen LogP contribution in [-0.4, -0.2) is 12.5 Å². The molecule has 0 spiro atoms. The number of hydrogen-bond donors (Lipinski definition) is 2. The molecule has 0 aromatic heterocycles. The van der Waals surface area contributed by atoms with Crippen LogP contribution in [0.1, 0.15) is 0 Å². The molecule has 3 N–H and O–H groups in total. The zero-order valence-electron chi connectivity index (χ0n) is 10.1. The first-order chi connectivity index (χ1) is 9.17. The molecule has 3 nitrogen and oxygen atoms in total. The number of rotatable bonds is 4. The van der Waals surface area contributed by atoms with Gasteiger partial charge in [-0.1, -0.05) is 33.8 Å². The first-order valence-electron chi connectivity index (χ1n) is 5.71. The van der Waals surface area contributed by atoms with E-state index in [2.05, 4.69) is 21.2 Å². The summed E-state index contributed by atoms with van der Waals surface area (Å²) in [5.74, 6) is -0.189. The first kappa shape index (κ1) is 14.1. The van der Waals surface area contributed by atoms with Crippen LogP contribution in [0, 0.1) is 0 Å². The molecule has 0 saturated heterocycles. The van der Waals surface area contributed by atoms with Gasteiger partial charge >= 0.3 is 0 Å². The summed E-state index contributed by atoms with van der Waals surface area (Å²) < 4.78 is 1.06. The Hall–Kier alpha value is -1.30. The third-order valence-corrected chi connectivity index (χ3v) is 3.88. The smallest absolute Gasteiger partial charge is 0.238 e. The number of hydrogen-bond acceptors (Lipinski definition) is 3. The molecule has 0 radical (unpaired) electrons. The van der Waals surface area contributed by atoms with Gasteiger partial charge in [0.2, 0.25) is 5.91 Å². The Balaban J connectivity index is 2.10. The van der Waals surface area contributed by atoms with Gasteiger partial charge in [0.05, 0.1) is 6.54 Å². The Bertz CT molecular complexity index is 572. The van der Waals surface area contributed by atoms with Gasteiger partial charge in [0.1, 0.15) is 0 Å². The van der Waals surface area contributed by atoms with Crippen LogP contribution in [0.4, 0.5) is 5.69 Å². The number of nitrogens with two attached hydrogens (primary N) is 1. The topological polar surface area (TPSA) is 55.1 Å². The van der Waals surface area contributed by atoms with Crippen molar-refractivity contribution < 1.29 is 4.79 Å². The summed E-state index contributed by atoms with van der Waals surface area (Å²) in [7, 11) is 0. The van der Waals surface area contributed by atoms with Crippen LogP contribution in [0.2, 0.25) is 0 Å². The average Bonchev–Trinajstić information content (AvgIpc) is 2.42. The minimum absolute atomic E-state index is 0.00984. The van der Waals surface area contributed by atoms with Gasteiger partial charge in [-0.05, 0) is 42.5 Å². The van der Waals surface area contributed by atoms with Crippen LogP contribution < -0.4 is 11.1 Å². The van der Waals surface area contributed by atoms with Crippen LogP contribution in [0.15, 0.2) is 62.8 Å². The highest BCUT2D eigenvalue weighted by Gasteiger charge is 2.02. The minimum atomic E-state index is -0.189. The van der Waals surface area contributed by atoms with Gasteiger partial charge in [-0.25, -0.2) is 0 Å². The zero-order chi connectivity index (χ0) is 13.7. The quantitative estimate of drug-likeness (QED) is 0.898. The van der Waals surface area contributed by atoms with Crippen molar-refractivity contribution in [3.05, 3.63) is 53.0 Å². The average molecular weight is 337 g/mol. The summed E-state index contributed by atoms with van der Waals surface area (Å²) >= 11 is 5.05. The van der Waals surface area contributed by atoms with Crippen molar-refractivity contribution in [3.8, 4) is 0 Å². The van der Waals surface area contributed by atoms with Crippen molar-refractivity contribution in [2.45, 2.75) is 9.79 Å². The number of carbonyl (C=O) groups excluding carboxylic acids is 1. The molecule has 1 amide bonds. The lowest BCUT2D eigenvalue weighted by Crippen LogP contribution is -2.21. The normalized spacial score (nSPS) is 10.2. The Kier molecular flexibility index (Phi) is 5.01. The van der Waals surface area contributed by atoms with Crippen molar-refractivity contribution in [1.82, 2.24) is 0 Å². The first-order valence-corrected chi connectivity index (χ1v) is 7.32. The highest BCUT2D eigenvalue weighted by atomic mass is 79.9. The summed E-state index contributed by atoms with van der Waals surface area (Å²) in [4.78, 5) is 13.5. The van der Waals surface area contributed by atoms with Gasteiger partial charge in [-0.2, -0.15) is 0 Å². The number of benzene rings is 2. The molecule has 2 rings (SSSR count). The molecule has 0 fully saturated rings. The zero-order valence-corrected chi connectivity index (χ0v) is 12.5. The van der Waals surface area contributed by atoms with Crippen molar-refractivity contribution in [2.75, 3.05) is 11.9 Å². The van der Waals surface area contributed by atoms with Crippen molar-refractivity contribution in [2.24, 2.45) is 5.73 Å². The van der Waals surface area contributed by atoms with E-state index in [1.807, 2.05) is 48.5 Å². The Morgan fingerprint density at radius 2 is 1.89 bits per heavy atom. The third kappa shape index (κ3) is 4.38. The molecule has 5 heteroatoms. The summed E-state index contributed by atoms with van der Waals surface area (Å²) in [6.07, 6.45) is 0. The van der Waals surface area contributed by atoms with E-state index >= 15 is 0 Å². The standard InChI is InChI=1S/C14H13BrN2OS/c15-10-4-6-12(7-5-10)19-13-3-1-2-11(8-13)17-14(18)9-16/h1-8H,9,16H2,(H,17,18). The molecule has 0 bridgehead atoms. The van der Waals surface area contributed by atoms with E-state index in [0.717, 1.165) is 20.0 Å². The molecule has 0 heterocycles. The van der Waals surface area contributed by atoms with Gasteiger partial charge in [0, 0.05) is 20.0 Å². The number of halogens is 1. The predicted molar refractivity (Wildman–Crippen MR) is 82.4 cm³/mol. The molecule has 0 aliphatic carbocycles. The maximum atomic E-state index is 11.2. The second kappa shape index (κ2) is 6.75. The molecule has 0 saturated carbocycles. The molecule has 2 aromatic rings. The predicted octanol–water partition coefficient (Wildman–Crippen LogP) is 3.50. The summed E-state index contributed by atoms with van der Waals surface area (Å²) in [5.41, 5.74) is 6.04. The molecule has 2 aromatic carbocycles. The summed E-state index contributed by atoms with van der Waals surface area (Å²) in [5, 5.41) is 2.74. The van der Waals surface area contributed by atoms with Crippen LogP contribution in [0.3, 0.4) is 0 Å². The monoisotopic (exact) mass is 336 g/mol. The van der Waals surface area contributed by atoms with Gasteiger partial charge < -0.3 is 11.1 Å². The van der Waals surface area contributed by atoms with E-state index in [1.54, 1.807) is 11.8 Å². The van der Waals surface area contributed by atoms with Crippen LogP contribution >= 0.6 is 27.7 Å². The largest absolute Gasteiger partial charge is 0.325 e. The fourth-order valence-corrected chi connectivity index (χ4v) is 2.63. The van der Waals surface area contributed by atoms with Crippen LogP contribution in [-0.2, 0) is 4.79 Å². The van der Waals surface area contributed by atoms with Gasteiger partial charge in [-0.15, -0.1) is 0 Å². The van der Waals surface area contributed by atoms with Crippen molar-refractivity contribution >= 4 is 39.3 Å².